The lowest BCUT2D eigenvalue weighted by Crippen LogP contribution is -2.62. The maximum absolute atomic E-state index is 14.0. The summed E-state index contributed by atoms with van der Waals surface area (Å²) in [6, 6.07) is 0. The summed E-state index contributed by atoms with van der Waals surface area (Å²) in [7, 11) is 0. The summed E-state index contributed by atoms with van der Waals surface area (Å²) in [6.45, 7) is 6.78. The van der Waals surface area contributed by atoms with E-state index in [2.05, 4.69) is 20.8 Å². The van der Waals surface area contributed by atoms with Crippen molar-refractivity contribution in [2.75, 3.05) is 0 Å². The van der Waals surface area contributed by atoms with E-state index >= 15 is 0 Å². The van der Waals surface area contributed by atoms with E-state index in [4.69, 9.17) is 17.2 Å². The molecule has 0 aliphatic heterocycles. The number of unbranched alkanes of at least 4 members (excludes halogenated alkanes) is 27. The summed E-state index contributed by atoms with van der Waals surface area (Å²) in [5.41, 5.74) is 17.2. The van der Waals surface area contributed by atoms with Gasteiger partial charge in [0.2, 0.25) is 17.7 Å². The van der Waals surface area contributed by atoms with E-state index < -0.39 is 28.6 Å². The molecule has 0 saturated heterocycles. The van der Waals surface area contributed by atoms with Crippen molar-refractivity contribution in [2.45, 2.75) is 245 Å². The van der Waals surface area contributed by atoms with Crippen LogP contribution in [0.3, 0.4) is 0 Å². The molecule has 0 radical (unpaired) electrons. The third kappa shape index (κ3) is 18.3. The van der Waals surface area contributed by atoms with Gasteiger partial charge >= 0.3 is 0 Å². The van der Waals surface area contributed by atoms with Gasteiger partial charge in [0, 0.05) is 11.8 Å². The van der Waals surface area contributed by atoms with Crippen LogP contribution in [0, 0.1) is 22.7 Å². The molecule has 51 heavy (non-hydrogen) atoms. The lowest BCUT2D eigenvalue weighted by Gasteiger charge is -2.57. The van der Waals surface area contributed by atoms with Gasteiger partial charge in [0.25, 0.3) is 0 Å². The Bertz CT molecular complexity index is 868. The van der Waals surface area contributed by atoms with Crippen molar-refractivity contribution in [2.24, 2.45) is 39.9 Å². The number of rotatable bonds is 36. The normalized spacial score (nSPS) is 20.1. The van der Waals surface area contributed by atoms with Crippen molar-refractivity contribution in [3.63, 3.8) is 0 Å². The fourth-order valence-electron chi connectivity index (χ4n) is 9.70. The molecule has 1 aliphatic rings. The number of hydrogen-bond donors (Lipinski definition) is 3. The van der Waals surface area contributed by atoms with Gasteiger partial charge in [-0.3, -0.25) is 14.4 Å². The number of primary amides is 3. The highest BCUT2D eigenvalue weighted by Crippen LogP contribution is 2.62. The van der Waals surface area contributed by atoms with Crippen LogP contribution in [0.2, 0.25) is 0 Å². The van der Waals surface area contributed by atoms with Gasteiger partial charge in [0.05, 0.1) is 5.41 Å². The second-order valence-electron chi connectivity index (χ2n) is 16.9. The Morgan fingerprint density at radius 2 is 0.725 bits per heavy atom. The highest BCUT2D eigenvalue weighted by molar-refractivity contribution is 5.88. The standard InChI is InChI=1S/C45H87N3O3/c1-4-7-10-13-16-19-22-25-28-31-34-44(35-32-29-26-23-20-17-14-11-8-5-2)40(42(47)50)37-39(41(46)49)38-45(44,43(48)51)36-33-30-27-24-21-18-15-12-9-6-3/h39-40H,4-38H2,1-3H3,(H2,46,49)(H2,47,50)(H2,48,51). The number of carbonyl (C=O) groups excluding carboxylic acids is 3. The molecule has 1 rings (SSSR count). The Morgan fingerprint density at radius 3 is 1.00 bits per heavy atom. The van der Waals surface area contributed by atoms with E-state index in [9.17, 15) is 14.4 Å². The Hall–Kier alpha value is -1.59. The maximum atomic E-state index is 14.0. The van der Waals surface area contributed by atoms with E-state index in [1.54, 1.807) is 0 Å². The summed E-state index contributed by atoms with van der Waals surface area (Å²) >= 11 is 0. The predicted molar refractivity (Wildman–Crippen MR) is 218 cm³/mol. The lowest BCUT2D eigenvalue weighted by atomic mass is 9.44. The minimum Gasteiger partial charge on any atom is -0.369 e. The van der Waals surface area contributed by atoms with E-state index in [0.29, 0.717) is 19.3 Å². The molecular weight excluding hydrogens is 631 g/mol. The highest BCUT2D eigenvalue weighted by Gasteiger charge is 2.63. The molecule has 0 aromatic heterocycles. The molecule has 300 valence electrons. The van der Waals surface area contributed by atoms with Gasteiger partial charge in [-0.25, -0.2) is 0 Å². The molecule has 6 N–H and O–H groups in total. The van der Waals surface area contributed by atoms with Gasteiger partial charge in [0.1, 0.15) is 0 Å². The quantitative estimate of drug-likeness (QED) is 0.0558. The molecule has 0 aromatic rings. The van der Waals surface area contributed by atoms with E-state index in [1.807, 2.05) is 0 Å². The maximum Gasteiger partial charge on any atom is 0.224 e. The Morgan fingerprint density at radius 1 is 0.431 bits per heavy atom. The van der Waals surface area contributed by atoms with E-state index in [0.717, 1.165) is 57.8 Å². The van der Waals surface area contributed by atoms with Crippen molar-refractivity contribution in [1.82, 2.24) is 0 Å². The fourth-order valence-corrected chi connectivity index (χ4v) is 9.70. The first kappa shape index (κ1) is 47.4. The monoisotopic (exact) mass is 718 g/mol. The Kier molecular flexibility index (Phi) is 27.7. The zero-order valence-electron chi connectivity index (χ0n) is 34.4. The third-order valence-electron chi connectivity index (χ3n) is 12.9. The van der Waals surface area contributed by atoms with Crippen LogP contribution >= 0.6 is 0 Å². The summed E-state index contributed by atoms with van der Waals surface area (Å²) in [4.78, 5) is 40.3. The smallest absolute Gasteiger partial charge is 0.224 e. The minimum absolute atomic E-state index is 0.338. The Balaban J connectivity index is 3.11. The molecule has 3 amide bonds. The molecule has 0 heterocycles. The Labute approximate surface area is 316 Å². The van der Waals surface area contributed by atoms with Crippen molar-refractivity contribution < 1.29 is 14.4 Å². The first-order valence-electron chi connectivity index (χ1n) is 22.6. The van der Waals surface area contributed by atoms with Crippen molar-refractivity contribution in [3.05, 3.63) is 0 Å². The number of amides is 3. The average Bonchev–Trinajstić information content (AvgIpc) is 3.10. The van der Waals surface area contributed by atoms with Crippen LogP contribution in [0.4, 0.5) is 0 Å². The summed E-state index contributed by atoms with van der Waals surface area (Å²) in [5.74, 6) is -2.26. The van der Waals surface area contributed by atoms with Crippen LogP contribution in [0.15, 0.2) is 0 Å². The van der Waals surface area contributed by atoms with Gasteiger partial charge in [-0.15, -0.1) is 0 Å². The number of nitrogens with two attached hydrogens (primary N) is 3. The van der Waals surface area contributed by atoms with Crippen LogP contribution in [0.5, 0.6) is 0 Å². The molecule has 0 aromatic carbocycles. The van der Waals surface area contributed by atoms with Gasteiger partial charge in [-0.05, 0) is 37.5 Å². The summed E-state index contributed by atoms with van der Waals surface area (Å²) < 4.78 is 0. The first-order chi connectivity index (χ1) is 24.7. The highest BCUT2D eigenvalue weighted by atomic mass is 16.2. The predicted octanol–water partition coefficient (Wildman–Crippen LogP) is 12.4. The number of hydrogen-bond acceptors (Lipinski definition) is 3. The van der Waals surface area contributed by atoms with E-state index in [1.165, 1.54) is 148 Å². The summed E-state index contributed by atoms with van der Waals surface area (Å²) in [5, 5.41) is 0. The second kappa shape index (κ2) is 29.8. The van der Waals surface area contributed by atoms with Gasteiger partial charge in [-0.2, -0.15) is 0 Å². The van der Waals surface area contributed by atoms with Gasteiger partial charge in [-0.1, -0.05) is 213 Å². The topological polar surface area (TPSA) is 129 Å². The van der Waals surface area contributed by atoms with Crippen LogP contribution in [0.1, 0.15) is 245 Å². The molecule has 0 spiro atoms. The molecule has 3 unspecified atom stereocenters. The van der Waals surface area contributed by atoms with Crippen LogP contribution in [-0.4, -0.2) is 17.7 Å². The summed E-state index contributed by atoms with van der Waals surface area (Å²) in [6.07, 6.45) is 39.7. The largest absolute Gasteiger partial charge is 0.369 e. The molecule has 6 heteroatoms. The number of carbonyl (C=O) groups is 3. The van der Waals surface area contributed by atoms with Crippen LogP contribution in [0.25, 0.3) is 0 Å². The second-order valence-corrected chi connectivity index (χ2v) is 16.9. The van der Waals surface area contributed by atoms with E-state index in [-0.39, 0.29) is 11.8 Å². The first-order valence-corrected chi connectivity index (χ1v) is 22.6. The van der Waals surface area contributed by atoms with Crippen molar-refractivity contribution in [3.8, 4) is 0 Å². The zero-order chi connectivity index (χ0) is 37.6. The molecule has 0 bridgehead atoms. The molecule has 1 aliphatic carbocycles. The van der Waals surface area contributed by atoms with Gasteiger partial charge in [0.15, 0.2) is 0 Å². The SMILES string of the molecule is CCCCCCCCCCCCC1(C(N)=O)CC(C(N)=O)CC(C(N)=O)C1(CCCCCCCCCCCC)CCCCCCCCCCCC. The molecule has 3 atom stereocenters. The molecule has 1 saturated carbocycles. The molecule has 1 fully saturated rings. The minimum atomic E-state index is -0.941. The zero-order valence-corrected chi connectivity index (χ0v) is 34.4. The molecular formula is C45H87N3O3. The lowest BCUT2D eigenvalue weighted by molar-refractivity contribution is -0.165. The average molecular weight is 718 g/mol. The van der Waals surface area contributed by atoms with Crippen molar-refractivity contribution >= 4 is 17.7 Å². The van der Waals surface area contributed by atoms with Crippen LogP contribution < -0.4 is 17.2 Å². The third-order valence-corrected chi connectivity index (χ3v) is 12.9. The molecule has 6 nitrogen and oxygen atoms in total. The van der Waals surface area contributed by atoms with Crippen molar-refractivity contribution in [1.29, 1.82) is 0 Å². The van der Waals surface area contributed by atoms with Crippen LogP contribution in [-0.2, 0) is 14.4 Å². The fraction of sp³-hybridized carbons (Fsp3) is 0.933. The van der Waals surface area contributed by atoms with Gasteiger partial charge < -0.3 is 17.2 Å².